The average molecular weight is 394 g/mol. The van der Waals surface area contributed by atoms with Gasteiger partial charge in [-0.25, -0.2) is 4.98 Å². The van der Waals surface area contributed by atoms with Crippen molar-refractivity contribution in [2.75, 3.05) is 24.5 Å². The molecule has 0 unspecified atom stereocenters. The Kier molecular flexibility index (Phi) is 5.67. The number of hydrogen-bond acceptors (Lipinski definition) is 4. The summed E-state index contributed by atoms with van der Waals surface area (Å²) in [5, 5.41) is 6.19. The maximum atomic E-state index is 12.1. The summed E-state index contributed by atoms with van der Waals surface area (Å²) in [5.74, 6) is -0.0519. The number of halogens is 1. The second kappa shape index (κ2) is 7.93. The molecule has 0 saturated carbocycles. The number of piperidine rings is 1. The maximum absolute atomic E-state index is 12.1. The van der Waals surface area contributed by atoms with Crippen LogP contribution in [-0.2, 0) is 6.42 Å². The van der Waals surface area contributed by atoms with Crippen molar-refractivity contribution >= 4 is 38.3 Å². The van der Waals surface area contributed by atoms with E-state index in [9.17, 15) is 4.79 Å². The highest BCUT2D eigenvalue weighted by atomic mass is 79.9. The van der Waals surface area contributed by atoms with E-state index in [0.717, 1.165) is 34.8 Å². The zero-order valence-corrected chi connectivity index (χ0v) is 15.3. The normalized spacial score (nSPS) is 14.7. The molecule has 1 saturated heterocycles. The standard InChI is InChI=1S/C17H20BrN3OS/c18-15-7-3-2-6-14(15)16(22)19-9-8-13-12-23-17(20-13)21-10-4-1-5-11-21/h2-3,6-7,12H,1,4-5,8-11H2,(H,19,22). The van der Waals surface area contributed by atoms with Crippen LogP contribution in [0.15, 0.2) is 34.1 Å². The van der Waals surface area contributed by atoms with Crippen molar-refractivity contribution in [1.82, 2.24) is 10.3 Å². The first-order valence-corrected chi connectivity index (χ1v) is 9.63. The number of rotatable bonds is 5. The quantitative estimate of drug-likeness (QED) is 0.838. The number of carbonyl (C=O) groups is 1. The van der Waals surface area contributed by atoms with Crippen LogP contribution < -0.4 is 10.2 Å². The molecule has 1 fully saturated rings. The number of carbonyl (C=O) groups excluding carboxylic acids is 1. The predicted molar refractivity (Wildman–Crippen MR) is 98.4 cm³/mol. The Balaban J connectivity index is 1.50. The van der Waals surface area contributed by atoms with Crippen LogP contribution in [0.25, 0.3) is 0 Å². The van der Waals surface area contributed by atoms with Crippen LogP contribution in [0.5, 0.6) is 0 Å². The Bertz CT molecular complexity index is 667. The van der Waals surface area contributed by atoms with Gasteiger partial charge in [0.2, 0.25) is 0 Å². The summed E-state index contributed by atoms with van der Waals surface area (Å²) >= 11 is 5.11. The van der Waals surface area contributed by atoms with Gasteiger partial charge in [-0.2, -0.15) is 0 Å². The molecule has 0 aliphatic carbocycles. The molecule has 0 atom stereocenters. The van der Waals surface area contributed by atoms with Gasteiger partial charge in [0.25, 0.3) is 5.91 Å². The molecule has 0 spiro atoms. The van der Waals surface area contributed by atoms with Crippen LogP contribution in [0.2, 0.25) is 0 Å². The average Bonchev–Trinajstić information content (AvgIpc) is 3.05. The molecular formula is C17H20BrN3OS. The zero-order chi connectivity index (χ0) is 16.1. The Morgan fingerprint density at radius 3 is 2.83 bits per heavy atom. The van der Waals surface area contributed by atoms with E-state index in [2.05, 4.69) is 31.5 Å². The molecule has 1 aliphatic rings. The lowest BCUT2D eigenvalue weighted by Crippen LogP contribution is -2.29. The highest BCUT2D eigenvalue weighted by molar-refractivity contribution is 9.10. The molecule has 6 heteroatoms. The molecule has 3 rings (SSSR count). The smallest absolute Gasteiger partial charge is 0.252 e. The Morgan fingerprint density at radius 2 is 2.04 bits per heavy atom. The Hall–Kier alpha value is -1.40. The van der Waals surface area contributed by atoms with Crippen molar-refractivity contribution in [2.24, 2.45) is 0 Å². The fourth-order valence-electron chi connectivity index (χ4n) is 2.69. The summed E-state index contributed by atoms with van der Waals surface area (Å²) in [6, 6.07) is 7.46. The Labute approximate surface area is 149 Å². The molecule has 2 heterocycles. The second-order valence-electron chi connectivity index (χ2n) is 5.65. The van der Waals surface area contributed by atoms with Crippen molar-refractivity contribution in [2.45, 2.75) is 25.7 Å². The van der Waals surface area contributed by atoms with Gasteiger partial charge in [0.15, 0.2) is 5.13 Å². The van der Waals surface area contributed by atoms with Crippen molar-refractivity contribution in [3.8, 4) is 0 Å². The van der Waals surface area contributed by atoms with E-state index < -0.39 is 0 Å². The number of aromatic nitrogens is 1. The van der Waals surface area contributed by atoms with Gasteiger partial charge in [-0.05, 0) is 47.3 Å². The molecule has 1 amide bonds. The summed E-state index contributed by atoms with van der Waals surface area (Å²) in [4.78, 5) is 19.2. The van der Waals surface area contributed by atoms with E-state index in [0.29, 0.717) is 12.1 Å². The van der Waals surface area contributed by atoms with Crippen molar-refractivity contribution in [3.63, 3.8) is 0 Å². The van der Waals surface area contributed by atoms with Gasteiger partial charge in [-0.15, -0.1) is 11.3 Å². The van der Waals surface area contributed by atoms with Crippen LogP contribution >= 0.6 is 27.3 Å². The third-order valence-electron chi connectivity index (χ3n) is 3.95. The third-order valence-corrected chi connectivity index (χ3v) is 5.59. The van der Waals surface area contributed by atoms with E-state index in [1.165, 1.54) is 19.3 Å². The van der Waals surface area contributed by atoms with Crippen molar-refractivity contribution < 1.29 is 4.79 Å². The van der Waals surface area contributed by atoms with Crippen molar-refractivity contribution in [3.05, 3.63) is 45.4 Å². The SMILES string of the molecule is O=C(NCCc1csc(N2CCCCC2)n1)c1ccccc1Br. The van der Waals surface area contributed by atoms with Gasteiger partial charge in [-0.1, -0.05) is 12.1 Å². The van der Waals surface area contributed by atoms with Gasteiger partial charge < -0.3 is 10.2 Å². The van der Waals surface area contributed by atoms with E-state index in [-0.39, 0.29) is 5.91 Å². The largest absolute Gasteiger partial charge is 0.352 e. The van der Waals surface area contributed by atoms with Crippen LogP contribution in [0.1, 0.15) is 35.3 Å². The minimum Gasteiger partial charge on any atom is -0.352 e. The summed E-state index contributed by atoms with van der Waals surface area (Å²) in [6.45, 7) is 2.83. The first kappa shape index (κ1) is 16.5. The van der Waals surface area contributed by atoms with Crippen LogP contribution in [-0.4, -0.2) is 30.5 Å². The number of thiazole rings is 1. The van der Waals surface area contributed by atoms with Gasteiger partial charge in [0, 0.05) is 35.9 Å². The molecule has 1 aliphatic heterocycles. The topological polar surface area (TPSA) is 45.2 Å². The summed E-state index contributed by atoms with van der Waals surface area (Å²) in [7, 11) is 0. The first-order chi connectivity index (χ1) is 11.2. The molecule has 1 aromatic carbocycles. The number of amides is 1. The lowest BCUT2D eigenvalue weighted by molar-refractivity contribution is 0.0953. The van der Waals surface area contributed by atoms with Crippen molar-refractivity contribution in [1.29, 1.82) is 0 Å². The highest BCUT2D eigenvalue weighted by Crippen LogP contribution is 2.24. The molecule has 1 aromatic heterocycles. The molecular weight excluding hydrogens is 374 g/mol. The fourth-order valence-corrected chi connectivity index (χ4v) is 4.06. The summed E-state index contributed by atoms with van der Waals surface area (Å²) < 4.78 is 0.818. The van der Waals surface area contributed by atoms with Crippen LogP contribution in [0, 0.1) is 0 Å². The summed E-state index contributed by atoms with van der Waals surface area (Å²) in [6.07, 6.45) is 4.62. The number of nitrogens with one attached hydrogen (secondary N) is 1. The predicted octanol–water partition coefficient (Wildman–Crippen LogP) is 3.87. The number of anilines is 1. The monoisotopic (exact) mass is 393 g/mol. The van der Waals surface area contributed by atoms with E-state index in [1.807, 2.05) is 24.3 Å². The lowest BCUT2D eigenvalue weighted by atomic mass is 10.1. The molecule has 4 nitrogen and oxygen atoms in total. The summed E-state index contributed by atoms with van der Waals surface area (Å²) in [5.41, 5.74) is 1.72. The Morgan fingerprint density at radius 1 is 1.26 bits per heavy atom. The molecule has 0 bridgehead atoms. The van der Waals surface area contributed by atoms with Gasteiger partial charge in [-0.3, -0.25) is 4.79 Å². The second-order valence-corrected chi connectivity index (χ2v) is 7.35. The van der Waals surface area contributed by atoms with E-state index >= 15 is 0 Å². The molecule has 0 radical (unpaired) electrons. The van der Waals surface area contributed by atoms with Gasteiger partial charge in [0.05, 0.1) is 11.3 Å². The third kappa shape index (κ3) is 4.32. The van der Waals surface area contributed by atoms with Gasteiger partial charge >= 0.3 is 0 Å². The molecule has 2 aromatic rings. The zero-order valence-electron chi connectivity index (χ0n) is 12.9. The fraction of sp³-hybridized carbons (Fsp3) is 0.412. The molecule has 122 valence electrons. The van der Waals surface area contributed by atoms with Crippen LogP contribution in [0.4, 0.5) is 5.13 Å². The number of benzene rings is 1. The minimum absolute atomic E-state index is 0.0519. The van der Waals surface area contributed by atoms with E-state index in [4.69, 9.17) is 4.98 Å². The molecule has 1 N–H and O–H groups in total. The van der Waals surface area contributed by atoms with Gasteiger partial charge in [0.1, 0.15) is 0 Å². The molecule has 23 heavy (non-hydrogen) atoms. The lowest BCUT2D eigenvalue weighted by Gasteiger charge is -2.25. The van der Waals surface area contributed by atoms with E-state index in [1.54, 1.807) is 11.3 Å². The first-order valence-electron chi connectivity index (χ1n) is 7.96. The maximum Gasteiger partial charge on any atom is 0.252 e. The number of nitrogens with zero attached hydrogens (tertiary/aromatic N) is 2. The highest BCUT2D eigenvalue weighted by Gasteiger charge is 2.14. The minimum atomic E-state index is -0.0519. The number of hydrogen-bond donors (Lipinski definition) is 1. The van der Waals surface area contributed by atoms with Crippen LogP contribution in [0.3, 0.4) is 0 Å².